The first-order chi connectivity index (χ1) is 9.13. The van der Waals surface area contributed by atoms with E-state index in [0.717, 1.165) is 42.9 Å². The van der Waals surface area contributed by atoms with E-state index in [1.807, 2.05) is 36.2 Å². The van der Waals surface area contributed by atoms with Gasteiger partial charge in [0.15, 0.2) is 0 Å². The standard InChI is InChI=1S/C15H19ClN2O.ClH/c1-18(13-6-9-17-10-13)14(19)15(7-8-15)11-2-4-12(16)5-3-11;/h2-5,13,17H,6-10H2,1H3;1H. The van der Waals surface area contributed by atoms with E-state index in [9.17, 15) is 4.79 Å². The fourth-order valence-corrected chi connectivity index (χ4v) is 3.12. The SMILES string of the molecule is CN(C(=O)C1(c2ccc(Cl)cc2)CC1)C1CCNC1.Cl. The molecule has 0 bridgehead atoms. The summed E-state index contributed by atoms with van der Waals surface area (Å²) in [4.78, 5) is 14.7. The first kappa shape index (κ1) is 15.6. The lowest BCUT2D eigenvalue weighted by atomic mass is 9.94. The molecule has 0 aromatic heterocycles. The van der Waals surface area contributed by atoms with Crippen molar-refractivity contribution in [3.05, 3.63) is 34.9 Å². The third-order valence-electron chi connectivity index (χ3n) is 4.46. The summed E-state index contributed by atoms with van der Waals surface area (Å²) < 4.78 is 0. The summed E-state index contributed by atoms with van der Waals surface area (Å²) in [5, 5.41) is 4.04. The summed E-state index contributed by atoms with van der Waals surface area (Å²) in [5.41, 5.74) is 0.835. The number of carbonyl (C=O) groups excluding carboxylic acids is 1. The van der Waals surface area contributed by atoms with Crippen molar-refractivity contribution < 1.29 is 4.79 Å². The van der Waals surface area contributed by atoms with Crippen molar-refractivity contribution >= 4 is 29.9 Å². The molecule has 1 aliphatic carbocycles. The Labute approximate surface area is 131 Å². The summed E-state index contributed by atoms with van der Waals surface area (Å²) in [7, 11) is 1.94. The molecule has 1 aromatic rings. The largest absolute Gasteiger partial charge is 0.341 e. The van der Waals surface area contributed by atoms with Crippen LogP contribution in [-0.4, -0.2) is 37.0 Å². The molecule has 0 radical (unpaired) electrons. The van der Waals surface area contributed by atoms with Crippen LogP contribution < -0.4 is 5.32 Å². The van der Waals surface area contributed by atoms with Gasteiger partial charge in [-0.2, -0.15) is 0 Å². The molecule has 20 heavy (non-hydrogen) atoms. The summed E-state index contributed by atoms with van der Waals surface area (Å²) in [6.07, 6.45) is 2.97. The first-order valence-electron chi connectivity index (χ1n) is 6.87. The van der Waals surface area contributed by atoms with Gasteiger partial charge in [-0.05, 0) is 43.5 Å². The molecule has 1 saturated heterocycles. The Morgan fingerprint density at radius 3 is 2.50 bits per heavy atom. The lowest BCUT2D eigenvalue weighted by molar-refractivity contribution is -0.134. The number of nitrogens with one attached hydrogen (secondary N) is 1. The monoisotopic (exact) mass is 314 g/mol. The van der Waals surface area contributed by atoms with Crippen molar-refractivity contribution in [2.45, 2.75) is 30.7 Å². The minimum absolute atomic E-state index is 0. The third kappa shape index (κ3) is 2.67. The molecule has 2 aliphatic rings. The molecular weight excluding hydrogens is 295 g/mol. The molecule has 5 heteroatoms. The highest BCUT2D eigenvalue weighted by Gasteiger charge is 2.53. The summed E-state index contributed by atoms with van der Waals surface area (Å²) >= 11 is 5.92. The zero-order chi connectivity index (χ0) is 13.5. The van der Waals surface area contributed by atoms with Crippen LogP contribution >= 0.6 is 24.0 Å². The third-order valence-corrected chi connectivity index (χ3v) is 4.71. The molecule has 1 aliphatic heterocycles. The maximum atomic E-state index is 12.8. The van der Waals surface area contributed by atoms with Gasteiger partial charge in [-0.15, -0.1) is 12.4 Å². The van der Waals surface area contributed by atoms with Crippen LogP contribution in [0.15, 0.2) is 24.3 Å². The molecule has 1 aromatic carbocycles. The van der Waals surface area contributed by atoms with Gasteiger partial charge in [0.05, 0.1) is 5.41 Å². The molecule has 1 unspecified atom stereocenters. The highest BCUT2D eigenvalue weighted by atomic mass is 35.5. The van der Waals surface area contributed by atoms with Crippen LogP contribution in [-0.2, 0) is 10.2 Å². The van der Waals surface area contributed by atoms with Gasteiger partial charge in [0.25, 0.3) is 0 Å². The molecule has 1 N–H and O–H groups in total. The minimum atomic E-state index is -0.276. The molecule has 1 amide bonds. The average Bonchev–Trinajstić information content (AvgIpc) is 3.05. The van der Waals surface area contributed by atoms with Gasteiger partial charge in [-0.25, -0.2) is 0 Å². The molecule has 0 spiro atoms. The van der Waals surface area contributed by atoms with E-state index in [-0.39, 0.29) is 23.7 Å². The Morgan fingerprint density at radius 1 is 1.35 bits per heavy atom. The van der Waals surface area contributed by atoms with Crippen molar-refractivity contribution in [3.63, 3.8) is 0 Å². The van der Waals surface area contributed by atoms with E-state index in [2.05, 4.69) is 5.32 Å². The van der Waals surface area contributed by atoms with Crippen LogP contribution in [0.25, 0.3) is 0 Å². The van der Waals surface area contributed by atoms with Gasteiger partial charge in [0.1, 0.15) is 0 Å². The van der Waals surface area contributed by atoms with E-state index in [4.69, 9.17) is 11.6 Å². The highest BCUT2D eigenvalue weighted by Crippen LogP contribution is 2.50. The van der Waals surface area contributed by atoms with Crippen LogP contribution in [0.3, 0.4) is 0 Å². The Bertz CT molecular complexity index is 479. The smallest absolute Gasteiger partial charge is 0.233 e. The second-order valence-corrected chi connectivity index (χ2v) is 6.09. The predicted octanol–water partition coefficient (Wildman–Crippen LogP) is 2.61. The first-order valence-corrected chi connectivity index (χ1v) is 7.25. The highest BCUT2D eigenvalue weighted by molar-refractivity contribution is 6.30. The predicted molar refractivity (Wildman–Crippen MR) is 83.7 cm³/mol. The van der Waals surface area contributed by atoms with Crippen molar-refractivity contribution in [3.8, 4) is 0 Å². The van der Waals surface area contributed by atoms with Gasteiger partial charge in [0, 0.05) is 24.7 Å². The normalized spacial score (nSPS) is 23.0. The summed E-state index contributed by atoms with van der Waals surface area (Å²) in [5.74, 6) is 0.267. The minimum Gasteiger partial charge on any atom is -0.341 e. The number of hydrogen-bond acceptors (Lipinski definition) is 2. The average molecular weight is 315 g/mol. The van der Waals surface area contributed by atoms with Crippen molar-refractivity contribution in [2.75, 3.05) is 20.1 Å². The number of benzene rings is 1. The van der Waals surface area contributed by atoms with E-state index in [1.165, 1.54) is 0 Å². The van der Waals surface area contributed by atoms with Crippen LogP contribution in [0.1, 0.15) is 24.8 Å². The molecular formula is C15H20Cl2N2O. The molecule has 3 nitrogen and oxygen atoms in total. The topological polar surface area (TPSA) is 32.3 Å². The fourth-order valence-electron chi connectivity index (χ4n) is 2.99. The molecule has 1 atom stereocenters. The van der Waals surface area contributed by atoms with Gasteiger partial charge in [-0.3, -0.25) is 4.79 Å². The van der Waals surface area contributed by atoms with E-state index in [1.54, 1.807) is 0 Å². The van der Waals surface area contributed by atoms with Gasteiger partial charge in [-0.1, -0.05) is 23.7 Å². The number of halogens is 2. The molecule has 1 saturated carbocycles. The summed E-state index contributed by atoms with van der Waals surface area (Å²) in [6.45, 7) is 1.93. The van der Waals surface area contributed by atoms with Crippen LogP contribution in [0.2, 0.25) is 5.02 Å². The number of amides is 1. The van der Waals surface area contributed by atoms with Gasteiger partial charge in [0.2, 0.25) is 5.91 Å². The summed E-state index contributed by atoms with van der Waals surface area (Å²) in [6, 6.07) is 8.09. The van der Waals surface area contributed by atoms with Gasteiger partial charge >= 0.3 is 0 Å². The van der Waals surface area contributed by atoms with E-state index in [0.29, 0.717) is 6.04 Å². The van der Waals surface area contributed by atoms with Gasteiger partial charge < -0.3 is 10.2 Å². The fraction of sp³-hybridized carbons (Fsp3) is 0.533. The van der Waals surface area contributed by atoms with Crippen LogP contribution in [0.5, 0.6) is 0 Å². The Morgan fingerprint density at radius 2 is 2.00 bits per heavy atom. The Kier molecular flexibility index (Phi) is 4.62. The number of carbonyl (C=O) groups is 1. The van der Waals surface area contributed by atoms with Crippen molar-refractivity contribution in [1.82, 2.24) is 10.2 Å². The Hall–Kier alpha value is -0.770. The number of nitrogens with zero attached hydrogens (tertiary/aromatic N) is 1. The lowest BCUT2D eigenvalue weighted by Gasteiger charge is -2.28. The molecule has 3 rings (SSSR count). The number of rotatable bonds is 3. The Balaban J connectivity index is 0.00000147. The van der Waals surface area contributed by atoms with Crippen molar-refractivity contribution in [2.24, 2.45) is 0 Å². The molecule has 1 heterocycles. The number of likely N-dealkylation sites (N-methyl/N-ethyl adjacent to an activating group) is 1. The zero-order valence-corrected chi connectivity index (χ0v) is 13.1. The van der Waals surface area contributed by atoms with Crippen LogP contribution in [0.4, 0.5) is 0 Å². The quantitative estimate of drug-likeness (QED) is 0.930. The second kappa shape index (κ2) is 5.92. The van der Waals surface area contributed by atoms with E-state index >= 15 is 0 Å². The zero-order valence-electron chi connectivity index (χ0n) is 11.6. The molecule has 2 fully saturated rings. The lowest BCUT2D eigenvalue weighted by Crippen LogP contribution is -2.44. The van der Waals surface area contributed by atoms with Crippen molar-refractivity contribution in [1.29, 1.82) is 0 Å². The molecule has 110 valence electrons. The second-order valence-electron chi connectivity index (χ2n) is 5.65. The number of hydrogen-bond donors (Lipinski definition) is 1. The van der Waals surface area contributed by atoms with Crippen LogP contribution in [0, 0.1) is 0 Å². The van der Waals surface area contributed by atoms with E-state index < -0.39 is 0 Å². The maximum absolute atomic E-state index is 12.8. The maximum Gasteiger partial charge on any atom is 0.233 e.